The van der Waals surface area contributed by atoms with Gasteiger partial charge in [0.05, 0.1) is 18.5 Å². The molecule has 0 saturated heterocycles. The number of aryl methyl sites for hydroxylation is 2. The number of methoxy groups -OCH3 is 1. The molecule has 1 aromatic carbocycles. The zero-order chi connectivity index (χ0) is 16.3. The Labute approximate surface area is 129 Å². The molecule has 22 heavy (non-hydrogen) atoms. The summed E-state index contributed by atoms with van der Waals surface area (Å²) in [6.45, 7) is 3.83. The number of amides is 1. The van der Waals surface area contributed by atoms with E-state index < -0.39 is 5.97 Å². The minimum Gasteiger partial charge on any atom is -0.464 e. The van der Waals surface area contributed by atoms with Crippen molar-refractivity contribution in [1.29, 1.82) is 0 Å². The van der Waals surface area contributed by atoms with Gasteiger partial charge >= 0.3 is 5.97 Å². The monoisotopic (exact) mass is 301 g/mol. The van der Waals surface area contributed by atoms with E-state index in [1.54, 1.807) is 26.1 Å². The molecule has 0 fully saturated rings. The van der Waals surface area contributed by atoms with Gasteiger partial charge in [-0.05, 0) is 31.0 Å². The lowest BCUT2D eigenvalue weighted by Gasteiger charge is -2.07. The van der Waals surface area contributed by atoms with Gasteiger partial charge in [0.2, 0.25) is 0 Å². The predicted octanol–water partition coefficient (Wildman–Crippen LogP) is 2.33. The molecule has 0 unspecified atom stereocenters. The van der Waals surface area contributed by atoms with Crippen molar-refractivity contribution in [3.05, 3.63) is 46.8 Å². The maximum Gasteiger partial charge on any atom is 0.360 e. The van der Waals surface area contributed by atoms with Gasteiger partial charge in [0, 0.05) is 12.6 Å². The quantitative estimate of drug-likeness (QED) is 0.880. The fourth-order valence-electron chi connectivity index (χ4n) is 2.07. The molecule has 0 saturated carbocycles. The summed E-state index contributed by atoms with van der Waals surface area (Å²) in [5.74, 6) is -0.871. The average Bonchev–Trinajstić information content (AvgIpc) is 2.82. The van der Waals surface area contributed by atoms with Gasteiger partial charge < -0.3 is 10.1 Å². The van der Waals surface area contributed by atoms with Crippen LogP contribution in [0.3, 0.4) is 0 Å². The molecule has 1 aromatic heterocycles. The molecular weight excluding hydrogens is 282 g/mol. The van der Waals surface area contributed by atoms with E-state index in [4.69, 9.17) is 4.74 Å². The largest absolute Gasteiger partial charge is 0.464 e. The van der Waals surface area contributed by atoms with Crippen LogP contribution in [-0.4, -0.2) is 28.8 Å². The van der Waals surface area contributed by atoms with Crippen LogP contribution in [0.25, 0.3) is 0 Å². The lowest BCUT2D eigenvalue weighted by Crippen LogP contribution is -2.15. The Balaban J connectivity index is 2.29. The Morgan fingerprint density at radius 3 is 2.45 bits per heavy atom. The normalized spacial score (nSPS) is 10.4. The first-order valence-corrected chi connectivity index (χ1v) is 7.00. The number of carbonyl (C=O) groups is 2. The number of ether oxygens (including phenoxy) is 1. The Morgan fingerprint density at radius 1 is 1.27 bits per heavy atom. The van der Waals surface area contributed by atoms with Gasteiger partial charge in [-0.2, -0.15) is 5.10 Å². The van der Waals surface area contributed by atoms with Gasteiger partial charge in [-0.25, -0.2) is 4.79 Å². The van der Waals surface area contributed by atoms with Crippen molar-refractivity contribution in [1.82, 2.24) is 9.78 Å². The predicted molar refractivity (Wildman–Crippen MR) is 83.1 cm³/mol. The van der Waals surface area contributed by atoms with E-state index in [9.17, 15) is 9.59 Å². The van der Waals surface area contributed by atoms with Crippen molar-refractivity contribution >= 4 is 17.6 Å². The minimum absolute atomic E-state index is 0.0982. The van der Waals surface area contributed by atoms with Gasteiger partial charge in [-0.1, -0.05) is 19.1 Å². The number of anilines is 1. The molecule has 0 aliphatic carbocycles. The summed E-state index contributed by atoms with van der Waals surface area (Å²) in [6.07, 6.45) is 0.913. The van der Waals surface area contributed by atoms with Crippen LogP contribution in [0.15, 0.2) is 24.3 Å². The Kier molecular flexibility index (Phi) is 4.60. The summed E-state index contributed by atoms with van der Waals surface area (Å²) in [6, 6.07) is 7.34. The number of hydrogen-bond acceptors (Lipinski definition) is 4. The van der Waals surface area contributed by atoms with Gasteiger partial charge in [-0.3, -0.25) is 9.48 Å². The summed E-state index contributed by atoms with van der Waals surface area (Å²) in [5, 5.41) is 6.83. The van der Waals surface area contributed by atoms with E-state index in [1.165, 1.54) is 11.8 Å². The number of carbonyl (C=O) groups excluding carboxylic acids is 2. The first-order valence-electron chi connectivity index (χ1n) is 7.00. The maximum atomic E-state index is 12.3. The molecule has 2 rings (SSSR count). The molecule has 1 N–H and O–H groups in total. The highest BCUT2D eigenvalue weighted by atomic mass is 16.5. The third-order valence-corrected chi connectivity index (χ3v) is 3.58. The lowest BCUT2D eigenvalue weighted by molar-refractivity contribution is 0.0594. The highest BCUT2D eigenvalue weighted by Crippen LogP contribution is 2.21. The first-order chi connectivity index (χ1) is 10.5. The third-order valence-electron chi connectivity index (χ3n) is 3.58. The van der Waals surface area contributed by atoms with E-state index in [0.29, 0.717) is 16.9 Å². The van der Waals surface area contributed by atoms with Crippen molar-refractivity contribution in [3.8, 4) is 0 Å². The number of benzene rings is 1. The fraction of sp³-hybridized carbons (Fsp3) is 0.312. The first kappa shape index (κ1) is 15.8. The van der Waals surface area contributed by atoms with E-state index in [-0.39, 0.29) is 11.6 Å². The van der Waals surface area contributed by atoms with Gasteiger partial charge in [0.1, 0.15) is 0 Å². The minimum atomic E-state index is -0.583. The van der Waals surface area contributed by atoms with Crippen molar-refractivity contribution < 1.29 is 14.3 Å². The van der Waals surface area contributed by atoms with Crippen molar-refractivity contribution in [3.63, 3.8) is 0 Å². The molecular formula is C16H19N3O3. The molecule has 0 bridgehead atoms. The highest BCUT2D eigenvalue weighted by Gasteiger charge is 2.22. The van der Waals surface area contributed by atoms with Crippen LogP contribution in [0.4, 0.5) is 5.69 Å². The third kappa shape index (κ3) is 3.00. The average molecular weight is 301 g/mol. The van der Waals surface area contributed by atoms with Crippen molar-refractivity contribution in [2.75, 3.05) is 12.4 Å². The van der Waals surface area contributed by atoms with E-state index in [2.05, 4.69) is 17.3 Å². The summed E-state index contributed by atoms with van der Waals surface area (Å²) in [4.78, 5) is 24.1. The van der Waals surface area contributed by atoms with Gasteiger partial charge in [0.15, 0.2) is 5.69 Å². The highest BCUT2D eigenvalue weighted by molar-refractivity contribution is 6.07. The molecule has 1 heterocycles. The number of hydrogen-bond donors (Lipinski definition) is 1. The molecule has 1 amide bonds. The zero-order valence-electron chi connectivity index (χ0n) is 13.1. The Morgan fingerprint density at radius 2 is 1.91 bits per heavy atom. The second-order valence-corrected chi connectivity index (χ2v) is 4.93. The van der Waals surface area contributed by atoms with Crippen LogP contribution in [0.2, 0.25) is 0 Å². The Hall–Kier alpha value is -2.63. The SMILES string of the molecule is CCc1ccc(C(=O)Nc2c(C(=O)OC)nn(C)c2C)cc1. The summed E-state index contributed by atoms with van der Waals surface area (Å²) in [7, 11) is 2.98. The molecule has 0 spiro atoms. The standard InChI is InChI=1S/C16H19N3O3/c1-5-11-6-8-12(9-7-11)15(20)17-13-10(2)19(3)18-14(13)16(21)22-4/h6-9H,5H2,1-4H3,(H,17,20). The molecule has 0 aliphatic rings. The molecule has 2 aromatic rings. The molecule has 6 nitrogen and oxygen atoms in total. The second kappa shape index (κ2) is 6.43. The smallest absolute Gasteiger partial charge is 0.360 e. The van der Waals surface area contributed by atoms with Crippen molar-refractivity contribution in [2.24, 2.45) is 7.05 Å². The summed E-state index contributed by atoms with van der Waals surface area (Å²) < 4.78 is 6.23. The van der Waals surface area contributed by atoms with Crippen molar-refractivity contribution in [2.45, 2.75) is 20.3 Å². The topological polar surface area (TPSA) is 73.2 Å². The Bertz CT molecular complexity index is 702. The van der Waals surface area contributed by atoms with E-state index in [0.717, 1.165) is 12.0 Å². The number of rotatable bonds is 4. The molecule has 6 heteroatoms. The second-order valence-electron chi connectivity index (χ2n) is 4.93. The fourth-order valence-corrected chi connectivity index (χ4v) is 2.07. The van der Waals surface area contributed by atoms with Crippen LogP contribution in [0.1, 0.15) is 39.0 Å². The van der Waals surface area contributed by atoms with E-state index in [1.807, 2.05) is 12.1 Å². The van der Waals surface area contributed by atoms with Gasteiger partial charge in [-0.15, -0.1) is 0 Å². The van der Waals surface area contributed by atoms with Crippen LogP contribution in [-0.2, 0) is 18.2 Å². The number of nitrogens with one attached hydrogen (secondary N) is 1. The molecule has 0 radical (unpaired) electrons. The lowest BCUT2D eigenvalue weighted by atomic mass is 10.1. The molecule has 116 valence electrons. The number of nitrogens with zero attached hydrogens (tertiary/aromatic N) is 2. The maximum absolute atomic E-state index is 12.3. The summed E-state index contributed by atoms with van der Waals surface area (Å²) in [5.41, 5.74) is 2.83. The van der Waals surface area contributed by atoms with Crippen LogP contribution in [0, 0.1) is 6.92 Å². The number of esters is 1. The molecule has 0 atom stereocenters. The van der Waals surface area contributed by atoms with Crippen LogP contribution >= 0.6 is 0 Å². The summed E-state index contributed by atoms with van der Waals surface area (Å²) >= 11 is 0. The van der Waals surface area contributed by atoms with Crippen LogP contribution < -0.4 is 5.32 Å². The number of aromatic nitrogens is 2. The van der Waals surface area contributed by atoms with E-state index >= 15 is 0 Å². The molecule has 0 aliphatic heterocycles. The van der Waals surface area contributed by atoms with Gasteiger partial charge in [0.25, 0.3) is 5.91 Å². The van der Waals surface area contributed by atoms with Crippen LogP contribution in [0.5, 0.6) is 0 Å². The zero-order valence-corrected chi connectivity index (χ0v) is 13.1.